The molecule has 0 aromatic carbocycles. The van der Waals surface area contributed by atoms with Crippen molar-refractivity contribution in [2.45, 2.75) is 12.1 Å². The quantitative estimate of drug-likeness (QED) is 0.583. The Hall–Kier alpha value is -0.200. The van der Waals surface area contributed by atoms with Gasteiger partial charge >= 0.3 is 0 Å². The molecular formula is C9H19NO4. The number of aliphatic hydroxyl groups is 2. The summed E-state index contributed by atoms with van der Waals surface area (Å²) < 4.78 is 10.1. The first-order chi connectivity index (χ1) is 6.77. The SMILES string of the molecule is COCC(O)CN1CCOCC1CO. The maximum absolute atomic E-state index is 9.53. The molecule has 2 unspecified atom stereocenters. The molecule has 14 heavy (non-hydrogen) atoms. The van der Waals surface area contributed by atoms with E-state index < -0.39 is 6.10 Å². The van der Waals surface area contributed by atoms with Crippen molar-refractivity contribution in [3.8, 4) is 0 Å². The van der Waals surface area contributed by atoms with E-state index in [0.717, 1.165) is 6.54 Å². The van der Waals surface area contributed by atoms with Gasteiger partial charge < -0.3 is 19.7 Å². The van der Waals surface area contributed by atoms with Gasteiger partial charge in [-0.1, -0.05) is 0 Å². The lowest BCUT2D eigenvalue weighted by Gasteiger charge is -2.35. The van der Waals surface area contributed by atoms with Crippen LogP contribution in [-0.2, 0) is 9.47 Å². The maximum Gasteiger partial charge on any atom is 0.0900 e. The van der Waals surface area contributed by atoms with Crippen LogP contribution in [0.15, 0.2) is 0 Å². The van der Waals surface area contributed by atoms with Crippen LogP contribution in [0.25, 0.3) is 0 Å². The number of hydrogen-bond donors (Lipinski definition) is 2. The minimum absolute atomic E-state index is 0.00950. The molecule has 1 saturated heterocycles. The molecule has 0 aromatic rings. The van der Waals surface area contributed by atoms with E-state index in [4.69, 9.17) is 14.6 Å². The van der Waals surface area contributed by atoms with Crippen LogP contribution in [0.1, 0.15) is 0 Å². The molecule has 84 valence electrons. The Morgan fingerprint density at radius 3 is 3.07 bits per heavy atom. The topological polar surface area (TPSA) is 62.2 Å². The zero-order chi connectivity index (χ0) is 10.4. The molecule has 1 fully saturated rings. The zero-order valence-electron chi connectivity index (χ0n) is 8.56. The van der Waals surface area contributed by atoms with Crippen LogP contribution >= 0.6 is 0 Å². The average Bonchev–Trinajstić information content (AvgIpc) is 2.19. The van der Waals surface area contributed by atoms with E-state index in [1.54, 1.807) is 7.11 Å². The highest BCUT2D eigenvalue weighted by atomic mass is 16.5. The van der Waals surface area contributed by atoms with Crippen LogP contribution < -0.4 is 0 Å². The Labute approximate surface area is 84.2 Å². The third kappa shape index (κ3) is 3.51. The largest absolute Gasteiger partial charge is 0.395 e. The first-order valence-electron chi connectivity index (χ1n) is 4.87. The van der Waals surface area contributed by atoms with Gasteiger partial charge in [-0.3, -0.25) is 4.90 Å². The van der Waals surface area contributed by atoms with Gasteiger partial charge in [-0.15, -0.1) is 0 Å². The van der Waals surface area contributed by atoms with E-state index in [2.05, 4.69) is 0 Å². The van der Waals surface area contributed by atoms with Crippen molar-refractivity contribution in [2.75, 3.05) is 46.6 Å². The standard InChI is InChI=1S/C9H19NO4/c1-13-7-9(12)4-10-2-3-14-6-8(10)5-11/h8-9,11-12H,2-7H2,1H3. The molecule has 1 rings (SSSR count). The summed E-state index contributed by atoms with van der Waals surface area (Å²) in [6.07, 6.45) is -0.493. The van der Waals surface area contributed by atoms with Crippen LogP contribution in [0.5, 0.6) is 0 Å². The van der Waals surface area contributed by atoms with Gasteiger partial charge in [-0.2, -0.15) is 0 Å². The number of β-amino-alcohol motifs (C(OH)–C–C–N with tert-alkyl or cyclic N) is 1. The Bertz CT molecular complexity index is 156. The fraction of sp³-hybridized carbons (Fsp3) is 1.00. The molecule has 0 bridgehead atoms. The third-order valence-electron chi connectivity index (χ3n) is 2.36. The van der Waals surface area contributed by atoms with E-state index in [1.807, 2.05) is 4.90 Å². The smallest absolute Gasteiger partial charge is 0.0900 e. The molecule has 0 amide bonds. The predicted molar refractivity (Wildman–Crippen MR) is 51.1 cm³/mol. The predicted octanol–water partition coefficient (Wildman–Crippen LogP) is -1.31. The minimum atomic E-state index is -0.493. The Morgan fingerprint density at radius 2 is 2.43 bits per heavy atom. The summed E-state index contributed by atoms with van der Waals surface area (Å²) in [5.41, 5.74) is 0. The number of hydrogen-bond acceptors (Lipinski definition) is 5. The Kier molecular flexibility index (Phi) is 5.36. The van der Waals surface area contributed by atoms with Gasteiger partial charge in [0.15, 0.2) is 0 Å². The number of ether oxygens (including phenoxy) is 2. The highest BCUT2D eigenvalue weighted by Crippen LogP contribution is 2.07. The maximum atomic E-state index is 9.53. The van der Waals surface area contributed by atoms with Gasteiger partial charge in [0.05, 0.1) is 38.6 Å². The van der Waals surface area contributed by atoms with E-state index in [-0.39, 0.29) is 12.6 Å². The van der Waals surface area contributed by atoms with Crippen LogP contribution in [0.4, 0.5) is 0 Å². The third-order valence-corrected chi connectivity index (χ3v) is 2.36. The van der Waals surface area contributed by atoms with Crippen molar-refractivity contribution < 1.29 is 19.7 Å². The van der Waals surface area contributed by atoms with Crippen LogP contribution in [-0.4, -0.2) is 73.9 Å². The molecule has 1 aliphatic heterocycles. The second kappa shape index (κ2) is 6.31. The van der Waals surface area contributed by atoms with E-state index in [1.165, 1.54) is 0 Å². The van der Waals surface area contributed by atoms with Gasteiger partial charge in [0, 0.05) is 20.2 Å². The summed E-state index contributed by atoms with van der Waals surface area (Å²) in [7, 11) is 1.56. The summed E-state index contributed by atoms with van der Waals surface area (Å²) in [5.74, 6) is 0. The fourth-order valence-electron chi connectivity index (χ4n) is 1.61. The minimum Gasteiger partial charge on any atom is -0.395 e. The Balaban J connectivity index is 2.32. The number of methoxy groups -OCH3 is 1. The molecule has 1 heterocycles. The fourth-order valence-corrected chi connectivity index (χ4v) is 1.61. The lowest BCUT2D eigenvalue weighted by molar-refractivity contribution is -0.0523. The molecule has 2 N–H and O–H groups in total. The van der Waals surface area contributed by atoms with E-state index in [9.17, 15) is 5.11 Å². The average molecular weight is 205 g/mol. The molecule has 1 aliphatic rings. The second-order valence-corrected chi connectivity index (χ2v) is 3.52. The van der Waals surface area contributed by atoms with E-state index in [0.29, 0.717) is 26.4 Å². The number of rotatable bonds is 5. The van der Waals surface area contributed by atoms with E-state index >= 15 is 0 Å². The van der Waals surface area contributed by atoms with Gasteiger partial charge in [-0.25, -0.2) is 0 Å². The Morgan fingerprint density at radius 1 is 1.64 bits per heavy atom. The van der Waals surface area contributed by atoms with Crippen molar-refractivity contribution in [3.63, 3.8) is 0 Å². The van der Waals surface area contributed by atoms with Gasteiger partial charge in [-0.05, 0) is 0 Å². The molecule has 5 nitrogen and oxygen atoms in total. The zero-order valence-corrected chi connectivity index (χ0v) is 8.56. The van der Waals surface area contributed by atoms with Crippen LogP contribution in [0.2, 0.25) is 0 Å². The summed E-state index contributed by atoms with van der Waals surface area (Å²) in [5, 5.41) is 18.6. The number of aliphatic hydroxyl groups excluding tert-OH is 2. The summed E-state index contributed by atoms with van der Waals surface area (Å²) in [6, 6.07) is 0.00950. The molecule has 0 aromatic heterocycles. The summed E-state index contributed by atoms with van der Waals surface area (Å²) in [6.45, 7) is 2.88. The van der Waals surface area contributed by atoms with Crippen molar-refractivity contribution in [1.29, 1.82) is 0 Å². The second-order valence-electron chi connectivity index (χ2n) is 3.52. The van der Waals surface area contributed by atoms with Gasteiger partial charge in [0.2, 0.25) is 0 Å². The first-order valence-corrected chi connectivity index (χ1v) is 4.87. The van der Waals surface area contributed by atoms with Crippen LogP contribution in [0, 0.1) is 0 Å². The molecular weight excluding hydrogens is 186 g/mol. The molecule has 0 aliphatic carbocycles. The first kappa shape index (κ1) is 11.9. The lowest BCUT2D eigenvalue weighted by atomic mass is 10.2. The lowest BCUT2D eigenvalue weighted by Crippen LogP contribution is -2.50. The van der Waals surface area contributed by atoms with Gasteiger partial charge in [0.1, 0.15) is 0 Å². The number of morpholine rings is 1. The highest BCUT2D eigenvalue weighted by Gasteiger charge is 2.23. The number of nitrogens with zero attached hydrogens (tertiary/aromatic N) is 1. The summed E-state index contributed by atoms with van der Waals surface area (Å²) in [4.78, 5) is 2.03. The monoisotopic (exact) mass is 205 g/mol. The normalized spacial score (nSPS) is 26.4. The molecule has 0 radical (unpaired) electrons. The molecule has 0 saturated carbocycles. The highest BCUT2D eigenvalue weighted by molar-refractivity contribution is 4.76. The molecule has 0 spiro atoms. The van der Waals surface area contributed by atoms with Gasteiger partial charge in [0.25, 0.3) is 0 Å². The van der Waals surface area contributed by atoms with Crippen molar-refractivity contribution in [1.82, 2.24) is 4.90 Å². The molecule has 2 atom stereocenters. The van der Waals surface area contributed by atoms with Crippen LogP contribution in [0.3, 0.4) is 0 Å². The molecule has 5 heteroatoms. The van der Waals surface area contributed by atoms with Crippen molar-refractivity contribution in [3.05, 3.63) is 0 Å². The van der Waals surface area contributed by atoms with Crippen molar-refractivity contribution >= 4 is 0 Å². The van der Waals surface area contributed by atoms with Crippen molar-refractivity contribution in [2.24, 2.45) is 0 Å². The summed E-state index contributed by atoms with van der Waals surface area (Å²) >= 11 is 0.